The normalized spacial score (nSPS) is 22.7. The summed E-state index contributed by atoms with van der Waals surface area (Å²) in [4.78, 5) is 11.3. The predicted octanol–water partition coefficient (Wildman–Crippen LogP) is 2.08. The lowest BCUT2D eigenvalue weighted by Gasteiger charge is -2.38. The smallest absolute Gasteiger partial charge is 0.136 e. The van der Waals surface area contributed by atoms with Gasteiger partial charge in [0.15, 0.2) is 0 Å². The monoisotopic (exact) mass is 275 g/mol. The number of hydrogen-bond acceptors (Lipinski definition) is 5. The molecular formula is C15H25N5. The highest BCUT2D eigenvalue weighted by Crippen LogP contribution is 2.38. The summed E-state index contributed by atoms with van der Waals surface area (Å²) in [6.45, 7) is 5.68. The van der Waals surface area contributed by atoms with E-state index >= 15 is 0 Å². The van der Waals surface area contributed by atoms with Gasteiger partial charge in [0.25, 0.3) is 0 Å². The molecule has 1 saturated carbocycles. The highest BCUT2D eigenvalue weighted by molar-refractivity contribution is 5.45. The Kier molecular flexibility index (Phi) is 3.54. The summed E-state index contributed by atoms with van der Waals surface area (Å²) in [5, 5.41) is 3.48. The Balaban J connectivity index is 1.63. The van der Waals surface area contributed by atoms with Crippen LogP contribution in [0.4, 0.5) is 11.6 Å². The van der Waals surface area contributed by atoms with Crippen LogP contribution in [0.3, 0.4) is 0 Å². The van der Waals surface area contributed by atoms with Crippen molar-refractivity contribution in [3.05, 3.63) is 11.9 Å². The van der Waals surface area contributed by atoms with Crippen LogP contribution in [0.1, 0.15) is 44.3 Å². The lowest BCUT2D eigenvalue weighted by atomic mass is 9.80. The summed E-state index contributed by atoms with van der Waals surface area (Å²) in [6.07, 6.45) is 4.86. The number of nitrogens with one attached hydrogen (secondary N) is 1. The standard InChI is InChI=1S/C15H25N5/c1-15(5-7-20(2)8-6-15)10-17-13-9-12(16)18-14(19-13)11-3-4-11/h9,11H,3-8,10H2,1-2H3,(H3,16,17,18,19). The van der Waals surface area contributed by atoms with Crippen LogP contribution in [0.25, 0.3) is 0 Å². The number of nitrogen functional groups attached to an aromatic ring is 1. The zero-order valence-electron chi connectivity index (χ0n) is 12.5. The maximum atomic E-state index is 5.89. The molecule has 5 nitrogen and oxygen atoms in total. The summed E-state index contributed by atoms with van der Waals surface area (Å²) < 4.78 is 0. The fourth-order valence-electron chi connectivity index (χ4n) is 2.74. The van der Waals surface area contributed by atoms with Crippen LogP contribution < -0.4 is 11.1 Å². The van der Waals surface area contributed by atoms with Crippen molar-refractivity contribution in [2.75, 3.05) is 37.7 Å². The van der Waals surface area contributed by atoms with E-state index in [1.54, 1.807) is 0 Å². The first-order chi connectivity index (χ1) is 9.54. The molecule has 0 atom stereocenters. The second kappa shape index (κ2) is 5.20. The zero-order valence-corrected chi connectivity index (χ0v) is 12.5. The van der Waals surface area contributed by atoms with E-state index in [4.69, 9.17) is 5.73 Å². The summed E-state index contributed by atoms with van der Waals surface area (Å²) >= 11 is 0. The summed E-state index contributed by atoms with van der Waals surface area (Å²) in [5.74, 6) is 2.93. The van der Waals surface area contributed by atoms with E-state index in [1.807, 2.05) is 6.07 Å². The molecule has 1 aromatic rings. The van der Waals surface area contributed by atoms with Gasteiger partial charge in [0.1, 0.15) is 17.5 Å². The summed E-state index contributed by atoms with van der Waals surface area (Å²) in [5.41, 5.74) is 6.24. The third-order valence-electron chi connectivity index (χ3n) is 4.60. The molecule has 2 fully saturated rings. The number of aromatic nitrogens is 2. The first-order valence-corrected chi connectivity index (χ1v) is 7.61. The quantitative estimate of drug-likeness (QED) is 0.880. The van der Waals surface area contributed by atoms with Crippen molar-refractivity contribution in [1.29, 1.82) is 0 Å². The van der Waals surface area contributed by atoms with Gasteiger partial charge < -0.3 is 16.0 Å². The largest absolute Gasteiger partial charge is 0.384 e. The molecule has 3 N–H and O–H groups in total. The second-order valence-electron chi connectivity index (χ2n) is 6.78. The van der Waals surface area contributed by atoms with Gasteiger partial charge in [-0.15, -0.1) is 0 Å². The SMILES string of the molecule is CN1CCC(C)(CNc2cc(N)nc(C3CC3)n2)CC1. The van der Waals surface area contributed by atoms with Crippen LogP contribution in [0.2, 0.25) is 0 Å². The van der Waals surface area contributed by atoms with Gasteiger partial charge in [0.05, 0.1) is 0 Å². The third-order valence-corrected chi connectivity index (χ3v) is 4.60. The molecule has 2 heterocycles. The average Bonchev–Trinajstić information content (AvgIpc) is 3.24. The van der Waals surface area contributed by atoms with Crippen molar-refractivity contribution in [3.63, 3.8) is 0 Å². The van der Waals surface area contributed by atoms with Gasteiger partial charge in [0, 0.05) is 18.5 Å². The number of piperidine rings is 1. The molecule has 0 spiro atoms. The van der Waals surface area contributed by atoms with Gasteiger partial charge in [-0.25, -0.2) is 9.97 Å². The van der Waals surface area contributed by atoms with Crippen molar-refractivity contribution in [2.45, 2.75) is 38.5 Å². The molecule has 1 aromatic heterocycles. The number of hydrogen-bond donors (Lipinski definition) is 2. The van der Waals surface area contributed by atoms with E-state index < -0.39 is 0 Å². The van der Waals surface area contributed by atoms with E-state index in [9.17, 15) is 0 Å². The van der Waals surface area contributed by atoms with Crippen molar-refractivity contribution in [1.82, 2.24) is 14.9 Å². The number of nitrogens with zero attached hydrogens (tertiary/aromatic N) is 3. The molecule has 5 heteroatoms. The molecule has 110 valence electrons. The lowest BCUT2D eigenvalue weighted by Crippen LogP contribution is -2.40. The van der Waals surface area contributed by atoms with Gasteiger partial charge in [-0.3, -0.25) is 0 Å². The van der Waals surface area contributed by atoms with Crippen LogP contribution in [-0.2, 0) is 0 Å². The molecule has 1 saturated heterocycles. The Hall–Kier alpha value is -1.36. The highest BCUT2D eigenvalue weighted by atomic mass is 15.1. The minimum atomic E-state index is 0.353. The van der Waals surface area contributed by atoms with Crippen LogP contribution in [-0.4, -0.2) is 41.5 Å². The second-order valence-corrected chi connectivity index (χ2v) is 6.78. The van der Waals surface area contributed by atoms with Crippen molar-refractivity contribution in [2.24, 2.45) is 5.41 Å². The molecule has 2 aliphatic rings. The van der Waals surface area contributed by atoms with E-state index in [-0.39, 0.29) is 0 Å². The van der Waals surface area contributed by atoms with Crippen molar-refractivity contribution in [3.8, 4) is 0 Å². The Labute approximate surface area is 121 Å². The number of likely N-dealkylation sites (tertiary alicyclic amines) is 1. The van der Waals surface area contributed by atoms with Crippen LogP contribution in [0, 0.1) is 5.41 Å². The van der Waals surface area contributed by atoms with Crippen molar-refractivity contribution < 1.29 is 0 Å². The van der Waals surface area contributed by atoms with E-state index in [0.717, 1.165) is 18.2 Å². The molecule has 20 heavy (non-hydrogen) atoms. The molecule has 0 bridgehead atoms. The average molecular weight is 275 g/mol. The van der Waals surface area contributed by atoms with Gasteiger partial charge in [0.2, 0.25) is 0 Å². The fraction of sp³-hybridized carbons (Fsp3) is 0.733. The first-order valence-electron chi connectivity index (χ1n) is 7.61. The molecule has 1 aliphatic carbocycles. The van der Waals surface area contributed by atoms with Crippen LogP contribution in [0.15, 0.2) is 6.07 Å². The highest BCUT2D eigenvalue weighted by Gasteiger charge is 2.30. The minimum Gasteiger partial charge on any atom is -0.384 e. The Bertz CT molecular complexity index is 475. The number of nitrogens with two attached hydrogens (primary N) is 1. The van der Waals surface area contributed by atoms with Gasteiger partial charge in [-0.1, -0.05) is 6.92 Å². The maximum absolute atomic E-state index is 5.89. The third kappa shape index (κ3) is 3.20. The Morgan fingerprint density at radius 2 is 2.05 bits per heavy atom. The molecule has 0 aromatic carbocycles. The lowest BCUT2D eigenvalue weighted by molar-refractivity contribution is 0.150. The Morgan fingerprint density at radius 3 is 2.70 bits per heavy atom. The molecule has 1 aliphatic heterocycles. The van der Waals surface area contributed by atoms with Crippen molar-refractivity contribution >= 4 is 11.6 Å². The van der Waals surface area contributed by atoms with E-state index in [0.29, 0.717) is 17.2 Å². The Morgan fingerprint density at radius 1 is 1.35 bits per heavy atom. The van der Waals surface area contributed by atoms with Gasteiger partial charge >= 0.3 is 0 Å². The molecule has 3 rings (SSSR count). The minimum absolute atomic E-state index is 0.353. The predicted molar refractivity (Wildman–Crippen MR) is 81.7 cm³/mol. The van der Waals surface area contributed by atoms with Crippen LogP contribution in [0.5, 0.6) is 0 Å². The van der Waals surface area contributed by atoms with E-state index in [1.165, 1.54) is 38.8 Å². The fourth-order valence-corrected chi connectivity index (χ4v) is 2.74. The molecule has 0 radical (unpaired) electrons. The first kappa shape index (κ1) is 13.6. The summed E-state index contributed by atoms with van der Waals surface area (Å²) in [7, 11) is 2.19. The van der Waals surface area contributed by atoms with Gasteiger partial charge in [-0.2, -0.15) is 0 Å². The number of anilines is 2. The topological polar surface area (TPSA) is 67.1 Å². The molecule has 0 unspecified atom stereocenters. The van der Waals surface area contributed by atoms with E-state index in [2.05, 4.69) is 34.2 Å². The molecular weight excluding hydrogens is 250 g/mol. The zero-order chi connectivity index (χ0) is 14.2. The molecule has 0 amide bonds. The van der Waals surface area contributed by atoms with Gasteiger partial charge in [-0.05, 0) is 51.2 Å². The number of rotatable bonds is 4. The van der Waals surface area contributed by atoms with Crippen LogP contribution >= 0.6 is 0 Å². The summed E-state index contributed by atoms with van der Waals surface area (Å²) in [6, 6.07) is 1.85. The maximum Gasteiger partial charge on any atom is 0.136 e.